The number of ether oxygens (including phenoxy) is 1. The highest BCUT2D eigenvalue weighted by atomic mass is 79.9. The molecule has 3 N–H and O–H groups in total. The van der Waals surface area contributed by atoms with E-state index in [4.69, 9.17) is 14.9 Å². The molecule has 0 fully saturated rings. The molecular formula is C15H13BrN2O3. The number of hydrogen-bond donors (Lipinski definition) is 2. The monoisotopic (exact) mass is 348 g/mol. The molecule has 5 nitrogen and oxygen atoms in total. The van der Waals surface area contributed by atoms with E-state index in [-0.39, 0.29) is 6.04 Å². The number of aromatic nitrogens is 1. The van der Waals surface area contributed by atoms with Gasteiger partial charge in [-0.05, 0) is 29.8 Å². The first kappa shape index (κ1) is 13.9. The molecule has 0 radical (unpaired) electrons. The highest BCUT2D eigenvalue weighted by Crippen LogP contribution is 2.31. The number of H-pyrrole nitrogens is 1. The molecule has 0 saturated carbocycles. The van der Waals surface area contributed by atoms with Crippen molar-refractivity contribution in [2.45, 2.75) is 6.04 Å². The highest BCUT2D eigenvalue weighted by Gasteiger charge is 2.15. The van der Waals surface area contributed by atoms with Crippen molar-refractivity contribution in [1.29, 1.82) is 0 Å². The third-order valence-corrected chi connectivity index (χ3v) is 3.83. The lowest BCUT2D eigenvalue weighted by molar-refractivity contribution is 0.407. The summed E-state index contributed by atoms with van der Waals surface area (Å²) in [6.45, 7) is 0. The molecule has 2 aromatic carbocycles. The first-order valence-electron chi connectivity index (χ1n) is 6.30. The SMILES string of the molecule is COc1cc(Br)ccc1C(N)c1ccc2[nH]c(=O)oc2c1. The van der Waals surface area contributed by atoms with Gasteiger partial charge in [-0.1, -0.05) is 28.1 Å². The van der Waals surface area contributed by atoms with Crippen molar-refractivity contribution in [1.82, 2.24) is 4.98 Å². The lowest BCUT2D eigenvalue weighted by Gasteiger charge is -2.16. The van der Waals surface area contributed by atoms with Crippen LogP contribution < -0.4 is 16.2 Å². The van der Waals surface area contributed by atoms with Gasteiger partial charge in [-0.2, -0.15) is 0 Å². The third kappa shape index (κ3) is 2.59. The summed E-state index contributed by atoms with van der Waals surface area (Å²) in [5.74, 6) is 0.226. The van der Waals surface area contributed by atoms with Gasteiger partial charge in [0.1, 0.15) is 5.75 Å². The van der Waals surface area contributed by atoms with Crippen molar-refractivity contribution in [2.75, 3.05) is 7.11 Å². The van der Waals surface area contributed by atoms with Crippen LogP contribution in [0.3, 0.4) is 0 Å². The predicted octanol–water partition coefficient (Wildman–Crippen LogP) is 2.94. The molecule has 0 bridgehead atoms. The number of nitrogens with one attached hydrogen (secondary N) is 1. The fourth-order valence-electron chi connectivity index (χ4n) is 2.28. The van der Waals surface area contributed by atoms with Crippen LogP contribution in [0.15, 0.2) is 50.1 Å². The molecule has 0 amide bonds. The first-order chi connectivity index (χ1) is 10.1. The second-order valence-electron chi connectivity index (χ2n) is 4.63. The zero-order chi connectivity index (χ0) is 15.0. The van der Waals surface area contributed by atoms with E-state index in [1.54, 1.807) is 19.2 Å². The van der Waals surface area contributed by atoms with Crippen LogP contribution in [0.5, 0.6) is 5.75 Å². The molecule has 0 spiro atoms. The van der Waals surface area contributed by atoms with Crippen LogP contribution >= 0.6 is 15.9 Å². The number of rotatable bonds is 3. The molecule has 1 aromatic heterocycles. The molecule has 3 aromatic rings. The Kier molecular flexibility index (Phi) is 3.57. The quantitative estimate of drug-likeness (QED) is 0.762. The van der Waals surface area contributed by atoms with E-state index in [2.05, 4.69) is 20.9 Å². The van der Waals surface area contributed by atoms with E-state index >= 15 is 0 Å². The molecule has 1 atom stereocenters. The number of nitrogens with two attached hydrogens (primary N) is 1. The third-order valence-electron chi connectivity index (χ3n) is 3.33. The molecule has 0 aliphatic carbocycles. The van der Waals surface area contributed by atoms with Crippen LogP contribution in [0, 0.1) is 0 Å². The summed E-state index contributed by atoms with van der Waals surface area (Å²) in [6, 6.07) is 10.7. The summed E-state index contributed by atoms with van der Waals surface area (Å²) in [4.78, 5) is 13.8. The van der Waals surface area contributed by atoms with Gasteiger partial charge in [0, 0.05) is 10.0 Å². The number of benzene rings is 2. The fourth-order valence-corrected chi connectivity index (χ4v) is 2.62. The molecule has 0 saturated heterocycles. The highest BCUT2D eigenvalue weighted by molar-refractivity contribution is 9.10. The lowest BCUT2D eigenvalue weighted by atomic mass is 9.98. The van der Waals surface area contributed by atoms with Crippen LogP contribution in [0.25, 0.3) is 11.1 Å². The second-order valence-corrected chi connectivity index (χ2v) is 5.55. The Morgan fingerprint density at radius 2 is 2.10 bits per heavy atom. The minimum atomic E-state index is -0.475. The maximum atomic E-state index is 11.2. The summed E-state index contributed by atoms with van der Waals surface area (Å²) < 4.78 is 11.4. The Balaban J connectivity index is 2.07. The standard InChI is InChI=1S/C15H13BrN2O3/c1-20-12-7-9(16)3-4-10(12)14(17)8-2-5-11-13(6-8)21-15(19)18-11/h2-7,14H,17H2,1H3,(H,18,19). The van der Waals surface area contributed by atoms with E-state index in [0.29, 0.717) is 16.8 Å². The molecule has 0 aliphatic heterocycles. The normalized spacial score (nSPS) is 12.5. The van der Waals surface area contributed by atoms with E-state index in [9.17, 15) is 4.79 Å². The average molecular weight is 349 g/mol. The molecule has 108 valence electrons. The summed E-state index contributed by atoms with van der Waals surface area (Å²) in [7, 11) is 1.60. The van der Waals surface area contributed by atoms with E-state index in [1.165, 1.54) is 0 Å². The van der Waals surface area contributed by atoms with Crippen molar-refractivity contribution in [2.24, 2.45) is 5.73 Å². The number of fused-ring (bicyclic) bond motifs is 1. The molecule has 1 heterocycles. The Hall–Kier alpha value is -2.05. The maximum Gasteiger partial charge on any atom is 0.417 e. The van der Waals surface area contributed by atoms with Gasteiger partial charge >= 0.3 is 5.76 Å². The van der Waals surface area contributed by atoms with Gasteiger partial charge in [-0.3, -0.25) is 4.98 Å². The Bertz CT molecular complexity index is 853. The van der Waals surface area contributed by atoms with Crippen LogP contribution in [-0.4, -0.2) is 12.1 Å². The van der Waals surface area contributed by atoms with Crippen LogP contribution in [0.4, 0.5) is 0 Å². The zero-order valence-electron chi connectivity index (χ0n) is 11.2. The summed E-state index contributed by atoms with van der Waals surface area (Å²) in [6.07, 6.45) is 0. The molecule has 3 rings (SSSR count). The van der Waals surface area contributed by atoms with Crippen LogP contribution in [0.1, 0.15) is 17.2 Å². The van der Waals surface area contributed by atoms with Gasteiger partial charge in [0.25, 0.3) is 0 Å². The number of methoxy groups -OCH3 is 1. The zero-order valence-corrected chi connectivity index (χ0v) is 12.8. The topological polar surface area (TPSA) is 81.2 Å². The lowest BCUT2D eigenvalue weighted by Crippen LogP contribution is -2.13. The van der Waals surface area contributed by atoms with E-state index in [1.807, 2.05) is 24.3 Å². The van der Waals surface area contributed by atoms with Crippen molar-refractivity contribution in [3.8, 4) is 5.75 Å². The van der Waals surface area contributed by atoms with Gasteiger partial charge in [0.05, 0.1) is 18.7 Å². The van der Waals surface area contributed by atoms with Crippen LogP contribution in [0.2, 0.25) is 0 Å². The molecule has 6 heteroatoms. The van der Waals surface area contributed by atoms with Crippen molar-refractivity contribution in [3.05, 3.63) is 62.5 Å². The minimum Gasteiger partial charge on any atom is -0.496 e. The second kappa shape index (κ2) is 5.38. The number of halogens is 1. The number of oxazole rings is 1. The predicted molar refractivity (Wildman–Crippen MR) is 83.6 cm³/mol. The van der Waals surface area contributed by atoms with E-state index in [0.717, 1.165) is 15.6 Å². The van der Waals surface area contributed by atoms with Gasteiger partial charge in [0.2, 0.25) is 0 Å². The maximum absolute atomic E-state index is 11.2. The Morgan fingerprint density at radius 3 is 2.86 bits per heavy atom. The van der Waals surface area contributed by atoms with Gasteiger partial charge in [0.15, 0.2) is 5.58 Å². The molecule has 0 aliphatic rings. The van der Waals surface area contributed by atoms with Crippen molar-refractivity contribution in [3.63, 3.8) is 0 Å². The molecular weight excluding hydrogens is 336 g/mol. The average Bonchev–Trinajstić information content (AvgIpc) is 2.85. The first-order valence-corrected chi connectivity index (χ1v) is 7.09. The number of hydrogen-bond acceptors (Lipinski definition) is 4. The minimum absolute atomic E-state index is 0.377. The van der Waals surface area contributed by atoms with Crippen molar-refractivity contribution >= 4 is 27.0 Å². The van der Waals surface area contributed by atoms with E-state index < -0.39 is 5.76 Å². The van der Waals surface area contributed by atoms with Gasteiger partial charge < -0.3 is 14.9 Å². The summed E-state index contributed by atoms with van der Waals surface area (Å²) >= 11 is 3.40. The van der Waals surface area contributed by atoms with Gasteiger partial charge in [-0.15, -0.1) is 0 Å². The Labute approximate surface area is 128 Å². The van der Waals surface area contributed by atoms with Crippen molar-refractivity contribution < 1.29 is 9.15 Å². The van der Waals surface area contributed by atoms with Gasteiger partial charge in [-0.25, -0.2) is 4.79 Å². The molecule has 1 unspecified atom stereocenters. The summed E-state index contributed by atoms with van der Waals surface area (Å²) in [5, 5.41) is 0. The Morgan fingerprint density at radius 1 is 1.29 bits per heavy atom. The largest absolute Gasteiger partial charge is 0.496 e. The fraction of sp³-hybridized carbons (Fsp3) is 0.133. The number of aromatic amines is 1. The summed E-state index contributed by atoms with van der Waals surface area (Å²) in [5.41, 5.74) is 9.15. The smallest absolute Gasteiger partial charge is 0.417 e. The van der Waals surface area contributed by atoms with Crippen LogP contribution in [-0.2, 0) is 0 Å². The molecule has 21 heavy (non-hydrogen) atoms.